The molecule has 0 aromatic heterocycles. The monoisotopic (exact) mass is 274 g/mol. The molecule has 3 nitrogen and oxygen atoms in total. The van der Waals surface area contributed by atoms with E-state index < -0.39 is 10.0 Å². The van der Waals surface area contributed by atoms with Gasteiger partial charge in [0.2, 0.25) is 10.0 Å². The Hall–Kier alpha value is -1.65. The van der Waals surface area contributed by atoms with Crippen molar-refractivity contribution in [2.24, 2.45) is 5.14 Å². The second kappa shape index (κ2) is 5.55. The Morgan fingerprint density at radius 1 is 0.895 bits per heavy atom. The molecule has 2 rings (SSSR count). The van der Waals surface area contributed by atoms with Crippen LogP contribution in [0, 0.1) is 6.92 Å². The van der Waals surface area contributed by atoms with Gasteiger partial charge in [-0.2, -0.15) is 0 Å². The van der Waals surface area contributed by atoms with Crippen LogP contribution in [0.25, 0.3) is 11.1 Å². The molecule has 2 aromatic rings. The number of nitrogens with two attached hydrogens (primary N) is 1. The summed E-state index contributed by atoms with van der Waals surface area (Å²) < 4.78 is 22.3. The molecule has 0 aliphatic carbocycles. The van der Waals surface area contributed by atoms with Crippen LogP contribution in [0.5, 0.6) is 0 Å². The summed E-state index contributed by atoms with van der Waals surface area (Å²) in [5, 5.41) is 5.07. The first-order valence-electron chi connectivity index (χ1n) is 6.02. The maximum atomic E-state index is 11.2. The highest BCUT2D eigenvalue weighted by molar-refractivity contribution is 7.89. The summed E-state index contributed by atoms with van der Waals surface area (Å²) in [6.07, 6.45) is 1.84. The highest BCUT2D eigenvalue weighted by atomic mass is 32.2. The normalized spacial score (nSPS) is 11.5. The molecule has 0 atom stereocenters. The highest BCUT2D eigenvalue weighted by Gasteiger charge is 2.07. The van der Waals surface area contributed by atoms with Crippen molar-refractivity contribution in [2.45, 2.75) is 17.7 Å². The lowest BCUT2D eigenvalue weighted by Gasteiger charge is -2.05. The average molecular weight is 274 g/mol. The lowest BCUT2D eigenvalue weighted by Crippen LogP contribution is -2.11. The molecule has 19 heavy (non-hydrogen) atoms. The maximum absolute atomic E-state index is 11.2. The van der Waals surface area contributed by atoms with Gasteiger partial charge < -0.3 is 0 Å². The van der Waals surface area contributed by atoms with E-state index in [1.807, 2.05) is 12.1 Å². The van der Waals surface area contributed by atoms with E-state index in [4.69, 9.17) is 5.14 Å². The number of benzene rings is 2. The van der Waals surface area contributed by atoms with E-state index in [0.29, 0.717) is 0 Å². The van der Waals surface area contributed by atoms with Crippen LogP contribution in [0.3, 0.4) is 0 Å². The average Bonchev–Trinajstić information content (AvgIpc) is 2.39. The molecule has 99 valence electrons. The third-order valence-corrected chi connectivity index (χ3v) is 3.86. The van der Waals surface area contributed by atoms with Gasteiger partial charge in [-0.25, -0.2) is 13.6 Å². The predicted octanol–water partition coefficient (Wildman–Crippen LogP) is 2.77. The molecule has 2 aromatic carbocycles. The Morgan fingerprint density at radius 3 is 1.79 bits per heavy atom. The van der Waals surface area contributed by atoms with E-state index in [1.165, 1.54) is 17.7 Å². The topological polar surface area (TPSA) is 60.2 Å². The van der Waals surface area contributed by atoms with Crippen LogP contribution in [-0.4, -0.2) is 8.42 Å². The van der Waals surface area contributed by atoms with E-state index in [9.17, 15) is 8.42 Å². The van der Waals surface area contributed by atoms with Crippen LogP contribution in [-0.2, 0) is 16.4 Å². The summed E-state index contributed by atoms with van der Waals surface area (Å²) in [6.45, 7) is 3.83. The van der Waals surface area contributed by atoms with Crippen molar-refractivity contribution in [1.82, 2.24) is 0 Å². The Morgan fingerprint density at radius 2 is 1.37 bits per heavy atom. The van der Waals surface area contributed by atoms with Crippen molar-refractivity contribution in [3.63, 3.8) is 0 Å². The standard InChI is InChI=1S/C15H16NO2S/c1-2-3-12-4-6-13(7-5-12)14-8-10-15(11-9-14)19(16,17)18/h4-11H,1-3H2,(H2,16,17,18). The Bertz CT molecular complexity index is 644. The van der Waals surface area contributed by atoms with Crippen LogP contribution in [0.15, 0.2) is 53.4 Å². The Kier molecular flexibility index (Phi) is 4.02. The fraction of sp³-hybridized carbons (Fsp3) is 0.133. The molecule has 0 unspecified atom stereocenters. The van der Waals surface area contributed by atoms with Gasteiger partial charge in [-0.3, -0.25) is 0 Å². The van der Waals surface area contributed by atoms with Gasteiger partial charge >= 0.3 is 0 Å². The highest BCUT2D eigenvalue weighted by Crippen LogP contribution is 2.21. The van der Waals surface area contributed by atoms with Gasteiger partial charge in [-0.1, -0.05) is 43.3 Å². The van der Waals surface area contributed by atoms with Crippen molar-refractivity contribution >= 4 is 10.0 Å². The second-order valence-corrected chi connectivity index (χ2v) is 5.93. The third-order valence-electron chi connectivity index (χ3n) is 2.94. The molecule has 0 aliphatic rings. The summed E-state index contributed by atoms with van der Waals surface area (Å²) in [6, 6.07) is 14.7. The van der Waals surface area contributed by atoms with Gasteiger partial charge in [0.1, 0.15) is 0 Å². The summed E-state index contributed by atoms with van der Waals surface area (Å²) in [5.41, 5.74) is 3.27. The quantitative estimate of drug-likeness (QED) is 0.932. The second-order valence-electron chi connectivity index (χ2n) is 4.37. The first-order valence-corrected chi connectivity index (χ1v) is 7.57. The minimum absolute atomic E-state index is 0.130. The molecule has 0 heterocycles. The van der Waals surface area contributed by atoms with Gasteiger partial charge in [0, 0.05) is 0 Å². The molecule has 4 heteroatoms. The number of sulfonamides is 1. The fourth-order valence-corrected chi connectivity index (χ4v) is 2.42. The lowest BCUT2D eigenvalue weighted by atomic mass is 10.0. The zero-order valence-corrected chi connectivity index (χ0v) is 11.4. The zero-order valence-electron chi connectivity index (χ0n) is 10.5. The van der Waals surface area contributed by atoms with Gasteiger partial charge in [0.15, 0.2) is 0 Å². The SMILES string of the molecule is [CH2]CCc1ccc(-c2ccc(S(N)(=O)=O)cc2)cc1. The Labute approximate surface area is 114 Å². The van der Waals surface area contributed by atoms with E-state index in [-0.39, 0.29) is 4.90 Å². The summed E-state index contributed by atoms with van der Waals surface area (Å²) in [5.74, 6) is 0. The molecular weight excluding hydrogens is 258 g/mol. The molecule has 0 amide bonds. The third kappa shape index (κ3) is 3.43. The van der Waals surface area contributed by atoms with E-state index in [1.54, 1.807) is 12.1 Å². The number of rotatable bonds is 4. The summed E-state index contributed by atoms with van der Waals surface area (Å²) >= 11 is 0. The molecule has 0 aliphatic heterocycles. The smallest absolute Gasteiger partial charge is 0.225 e. The van der Waals surface area contributed by atoms with E-state index >= 15 is 0 Å². The molecular formula is C15H16NO2S. The first-order chi connectivity index (χ1) is 9.00. The van der Waals surface area contributed by atoms with Crippen LogP contribution >= 0.6 is 0 Å². The van der Waals surface area contributed by atoms with Gasteiger partial charge in [0.05, 0.1) is 4.90 Å². The molecule has 0 saturated carbocycles. The van der Waals surface area contributed by atoms with Crippen molar-refractivity contribution in [2.75, 3.05) is 0 Å². The van der Waals surface area contributed by atoms with E-state index in [0.717, 1.165) is 24.0 Å². The molecule has 0 fully saturated rings. The summed E-state index contributed by atoms with van der Waals surface area (Å²) in [7, 11) is -3.62. The largest absolute Gasteiger partial charge is 0.238 e. The molecule has 2 N–H and O–H groups in total. The molecule has 0 spiro atoms. The van der Waals surface area contributed by atoms with Crippen LogP contribution in [0.4, 0.5) is 0 Å². The van der Waals surface area contributed by atoms with Crippen LogP contribution in [0.1, 0.15) is 12.0 Å². The predicted molar refractivity (Wildman–Crippen MR) is 76.9 cm³/mol. The van der Waals surface area contributed by atoms with Crippen LogP contribution < -0.4 is 5.14 Å². The van der Waals surface area contributed by atoms with Crippen molar-refractivity contribution in [3.05, 3.63) is 61.0 Å². The van der Waals surface area contributed by atoms with Gasteiger partial charge in [-0.15, -0.1) is 0 Å². The van der Waals surface area contributed by atoms with Gasteiger partial charge in [0.25, 0.3) is 0 Å². The molecule has 0 bridgehead atoms. The summed E-state index contributed by atoms with van der Waals surface area (Å²) in [4.78, 5) is 0.130. The number of hydrogen-bond acceptors (Lipinski definition) is 2. The van der Waals surface area contributed by atoms with Crippen molar-refractivity contribution in [1.29, 1.82) is 0 Å². The van der Waals surface area contributed by atoms with Crippen molar-refractivity contribution < 1.29 is 8.42 Å². The van der Waals surface area contributed by atoms with Gasteiger partial charge in [-0.05, 0) is 41.7 Å². The lowest BCUT2D eigenvalue weighted by molar-refractivity contribution is 0.598. The van der Waals surface area contributed by atoms with Crippen LogP contribution in [0.2, 0.25) is 0 Å². The molecule has 1 radical (unpaired) electrons. The maximum Gasteiger partial charge on any atom is 0.238 e. The fourth-order valence-electron chi connectivity index (χ4n) is 1.91. The minimum Gasteiger partial charge on any atom is -0.225 e. The number of primary sulfonamides is 1. The zero-order chi connectivity index (χ0) is 13.9. The number of hydrogen-bond donors (Lipinski definition) is 1. The number of aryl methyl sites for hydroxylation is 1. The minimum atomic E-state index is -3.62. The Balaban J connectivity index is 2.27. The molecule has 0 saturated heterocycles. The van der Waals surface area contributed by atoms with E-state index in [2.05, 4.69) is 19.1 Å². The first kappa shape index (κ1) is 13.8. The van der Waals surface area contributed by atoms with Crippen molar-refractivity contribution in [3.8, 4) is 11.1 Å².